The third-order valence-electron chi connectivity index (χ3n) is 2.75. The maximum atomic E-state index is 11.1. The van der Waals surface area contributed by atoms with Gasteiger partial charge in [-0.1, -0.05) is 0 Å². The van der Waals surface area contributed by atoms with E-state index in [4.69, 9.17) is 16.2 Å². The molecule has 1 saturated heterocycles. The molecule has 5 heteroatoms. The van der Waals surface area contributed by atoms with Gasteiger partial charge in [-0.15, -0.1) is 11.8 Å². The van der Waals surface area contributed by atoms with Gasteiger partial charge >= 0.3 is 0 Å². The molecule has 1 fully saturated rings. The summed E-state index contributed by atoms with van der Waals surface area (Å²) in [6, 6.07) is 5.37. The number of ether oxygens (including phenoxy) is 1. The number of carbonyl (C=O) groups excluding carboxylic acids is 1. The minimum Gasteiger partial charge on any atom is -0.398 e. The Balaban J connectivity index is 2.00. The predicted octanol–water partition coefficient (Wildman–Crippen LogP) is 1.64. The molecule has 1 aromatic carbocycles. The molecule has 4 nitrogen and oxygen atoms in total. The van der Waals surface area contributed by atoms with Crippen LogP contribution in [0, 0.1) is 0 Å². The molecule has 0 aliphatic carbocycles. The van der Waals surface area contributed by atoms with E-state index in [1.807, 2.05) is 6.07 Å². The number of hydrogen-bond donors (Lipinski definition) is 2. The number of nitrogen functional groups attached to an aromatic ring is 1. The lowest BCUT2D eigenvalue weighted by Gasteiger charge is -2.09. The number of carbonyl (C=O) groups is 1. The van der Waals surface area contributed by atoms with Crippen LogP contribution in [-0.2, 0) is 4.74 Å². The SMILES string of the molecule is NC(=O)c1cc(SCC2CCCO2)ccc1N. The molecular formula is C12H16N2O2S. The summed E-state index contributed by atoms with van der Waals surface area (Å²) in [4.78, 5) is 12.1. The summed E-state index contributed by atoms with van der Waals surface area (Å²) < 4.78 is 5.54. The van der Waals surface area contributed by atoms with Crippen molar-refractivity contribution < 1.29 is 9.53 Å². The van der Waals surface area contributed by atoms with E-state index < -0.39 is 5.91 Å². The molecule has 1 amide bonds. The van der Waals surface area contributed by atoms with E-state index in [0.29, 0.717) is 17.4 Å². The Kier molecular flexibility index (Phi) is 3.91. The first-order valence-electron chi connectivity index (χ1n) is 5.60. The Bertz CT molecular complexity index is 417. The van der Waals surface area contributed by atoms with Crippen molar-refractivity contribution in [3.63, 3.8) is 0 Å². The summed E-state index contributed by atoms with van der Waals surface area (Å²) in [5.41, 5.74) is 11.7. The number of amides is 1. The molecule has 0 bridgehead atoms. The highest BCUT2D eigenvalue weighted by atomic mass is 32.2. The molecule has 17 heavy (non-hydrogen) atoms. The molecule has 92 valence electrons. The van der Waals surface area contributed by atoms with Gasteiger partial charge in [-0.05, 0) is 31.0 Å². The number of rotatable bonds is 4. The zero-order valence-corrected chi connectivity index (χ0v) is 10.3. The normalized spacial score (nSPS) is 19.4. The van der Waals surface area contributed by atoms with Crippen LogP contribution in [0.15, 0.2) is 23.1 Å². The number of hydrogen-bond acceptors (Lipinski definition) is 4. The third kappa shape index (κ3) is 3.14. The van der Waals surface area contributed by atoms with E-state index in [9.17, 15) is 4.79 Å². The summed E-state index contributed by atoms with van der Waals surface area (Å²) in [6.45, 7) is 0.861. The van der Waals surface area contributed by atoms with Crippen LogP contribution in [0.5, 0.6) is 0 Å². The minimum absolute atomic E-state index is 0.328. The fourth-order valence-corrected chi connectivity index (χ4v) is 2.81. The molecule has 4 N–H and O–H groups in total. The van der Waals surface area contributed by atoms with Crippen molar-refractivity contribution in [2.24, 2.45) is 5.73 Å². The average Bonchev–Trinajstić information content (AvgIpc) is 2.80. The number of primary amides is 1. The molecule has 1 aromatic rings. The summed E-state index contributed by atoms with van der Waals surface area (Å²) in [6.07, 6.45) is 2.58. The monoisotopic (exact) mass is 252 g/mol. The van der Waals surface area contributed by atoms with E-state index >= 15 is 0 Å². The summed E-state index contributed by atoms with van der Waals surface area (Å²) >= 11 is 1.67. The van der Waals surface area contributed by atoms with Gasteiger partial charge in [-0.2, -0.15) is 0 Å². The highest BCUT2D eigenvalue weighted by Gasteiger charge is 2.16. The lowest BCUT2D eigenvalue weighted by molar-refractivity contribution is 0.100. The second-order valence-corrected chi connectivity index (χ2v) is 5.15. The van der Waals surface area contributed by atoms with Gasteiger partial charge in [0.2, 0.25) is 0 Å². The first-order valence-corrected chi connectivity index (χ1v) is 6.59. The summed E-state index contributed by atoms with van der Waals surface area (Å²) in [5.74, 6) is 0.421. The van der Waals surface area contributed by atoms with Crippen molar-refractivity contribution in [2.45, 2.75) is 23.8 Å². The predicted molar refractivity (Wildman–Crippen MR) is 69.1 cm³/mol. The van der Waals surface area contributed by atoms with Gasteiger partial charge in [0.15, 0.2) is 0 Å². The van der Waals surface area contributed by atoms with Crippen molar-refractivity contribution in [1.82, 2.24) is 0 Å². The Morgan fingerprint density at radius 3 is 3.00 bits per heavy atom. The minimum atomic E-state index is -0.484. The summed E-state index contributed by atoms with van der Waals surface area (Å²) in [5, 5.41) is 0. The van der Waals surface area contributed by atoms with Crippen LogP contribution in [0.2, 0.25) is 0 Å². The molecule has 0 aromatic heterocycles. The smallest absolute Gasteiger partial charge is 0.250 e. The second-order valence-electron chi connectivity index (χ2n) is 4.06. The molecule has 0 saturated carbocycles. The second kappa shape index (κ2) is 5.42. The Labute approximate surface area is 105 Å². The Morgan fingerprint density at radius 1 is 1.53 bits per heavy atom. The maximum absolute atomic E-state index is 11.1. The highest BCUT2D eigenvalue weighted by molar-refractivity contribution is 7.99. The van der Waals surface area contributed by atoms with Gasteiger partial charge in [0.25, 0.3) is 5.91 Å². The number of thioether (sulfide) groups is 1. The van der Waals surface area contributed by atoms with Crippen LogP contribution in [0.4, 0.5) is 5.69 Å². The molecule has 1 aliphatic rings. The van der Waals surface area contributed by atoms with Crippen molar-refractivity contribution in [3.05, 3.63) is 23.8 Å². The van der Waals surface area contributed by atoms with E-state index in [1.165, 1.54) is 0 Å². The lowest BCUT2D eigenvalue weighted by Crippen LogP contribution is -2.13. The van der Waals surface area contributed by atoms with Crippen LogP contribution in [0.25, 0.3) is 0 Å². The molecule has 1 heterocycles. The quantitative estimate of drug-likeness (QED) is 0.630. The van der Waals surface area contributed by atoms with E-state index in [1.54, 1.807) is 23.9 Å². The lowest BCUT2D eigenvalue weighted by atomic mass is 10.2. The van der Waals surface area contributed by atoms with Crippen LogP contribution in [0.3, 0.4) is 0 Å². The number of anilines is 1. The van der Waals surface area contributed by atoms with Gasteiger partial charge in [0, 0.05) is 22.9 Å². The van der Waals surface area contributed by atoms with E-state index in [2.05, 4.69) is 0 Å². The van der Waals surface area contributed by atoms with Crippen molar-refractivity contribution in [3.8, 4) is 0 Å². The number of nitrogens with two attached hydrogens (primary N) is 2. The average molecular weight is 252 g/mol. The third-order valence-corrected chi connectivity index (χ3v) is 3.88. The highest BCUT2D eigenvalue weighted by Crippen LogP contribution is 2.26. The fraction of sp³-hybridized carbons (Fsp3) is 0.417. The van der Waals surface area contributed by atoms with Gasteiger partial charge in [0.1, 0.15) is 0 Å². The Hall–Kier alpha value is -1.20. The van der Waals surface area contributed by atoms with Gasteiger partial charge in [0.05, 0.1) is 11.7 Å². The van der Waals surface area contributed by atoms with Crippen LogP contribution in [-0.4, -0.2) is 24.4 Å². The van der Waals surface area contributed by atoms with Crippen LogP contribution in [0.1, 0.15) is 23.2 Å². The maximum Gasteiger partial charge on any atom is 0.250 e. The molecule has 2 rings (SSSR count). The molecular weight excluding hydrogens is 236 g/mol. The number of benzene rings is 1. The van der Waals surface area contributed by atoms with Gasteiger partial charge < -0.3 is 16.2 Å². The van der Waals surface area contributed by atoms with Crippen LogP contribution < -0.4 is 11.5 Å². The molecule has 1 atom stereocenters. The molecule has 1 aliphatic heterocycles. The standard InChI is InChI=1S/C12H16N2O2S/c13-11-4-3-9(6-10(11)12(14)15)17-7-8-2-1-5-16-8/h3-4,6,8H,1-2,5,7,13H2,(H2,14,15). The first kappa shape index (κ1) is 12.3. The molecule has 0 radical (unpaired) electrons. The zero-order chi connectivity index (χ0) is 12.3. The van der Waals surface area contributed by atoms with Gasteiger partial charge in [-0.3, -0.25) is 4.79 Å². The largest absolute Gasteiger partial charge is 0.398 e. The molecule has 0 spiro atoms. The Morgan fingerprint density at radius 2 is 2.35 bits per heavy atom. The van der Waals surface area contributed by atoms with E-state index in [0.717, 1.165) is 30.1 Å². The van der Waals surface area contributed by atoms with Crippen molar-refractivity contribution >= 4 is 23.4 Å². The van der Waals surface area contributed by atoms with Crippen LogP contribution >= 0.6 is 11.8 Å². The van der Waals surface area contributed by atoms with Crippen molar-refractivity contribution in [1.29, 1.82) is 0 Å². The molecule has 1 unspecified atom stereocenters. The fourth-order valence-electron chi connectivity index (χ4n) is 1.80. The zero-order valence-electron chi connectivity index (χ0n) is 9.52. The topological polar surface area (TPSA) is 78.3 Å². The van der Waals surface area contributed by atoms with Gasteiger partial charge in [-0.25, -0.2) is 0 Å². The summed E-state index contributed by atoms with van der Waals surface area (Å²) in [7, 11) is 0. The first-order chi connectivity index (χ1) is 8.16. The van der Waals surface area contributed by atoms with E-state index in [-0.39, 0.29) is 0 Å². The van der Waals surface area contributed by atoms with Crippen molar-refractivity contribution in [2.75, 3.05) is 18.1 Å².